The monoisotopic (exact) mass is 304 g/mol. The van der Waals surface area contributed by atoms with Crippen molar-refractivity contribution in [2.45, 2.75) is 18.9 Å². The Hall–Kier alpha value is -1.65. The summed E-state index contributed by atoms with van der Waals surface area (Å²) in [6.07, 6.45) is 1.73. The maximum absolute atomic E-state index is 12.6. The molecule has 0 aliphatic carbocycles. The van der Waals surface area contributed by atoms with Crippen molar-refractivity contribution in [3.05, 3.63) is 41.0 Å². The number of amides is 1. The van der Waals surface area contributed by atoms with E-state index in [0.29, 0.717) is 23.9 Å². The fraction of sp³-hybridized carbons (Fsp3) is 0.375. The van der Waals surface area contributed by atoms with Crippen molar-refractivity contribution < 1.29 is 9.53 Å². The summed E-state index contributed by atoms with van der Waals surface area (Å²) in [7, 11) is 1.82. The molecule has 2 heterocycles. The molecule has 3 rings (SSSR count). The zero-order chi connectivity index (χ0) is 14.8. The van der Waals surface area contributed by atoms with Crippen LogP contribution in [0.1, 0.15) is 23.3 Å². The average Bonchev–Trinajstić information content (AvgIpc) is 2.54. The molecule has 0 N–H and O–H groups in total. The number of aromatic nitrogens is 1. The number of benzene rings is 1. The number of carbonyl (C=O) groups is 1. The molecular formula is C16H17ClN2O2. The highest BCUT2D eigenvalue weighted by Gasteiger charge is 2.24. The molecule has 1 aromatic carbocycles. The topological polar surface area (TPSA) is 42.4 Å². The van der Waals surface area contributed by atoms with Gasteiger partial charge >= 0.3 is 0 Å². The quantitative estimate of drug-likeness (QED) is 0.856. The Morgan fingerprint density at radius 3 is 2.81 bits per heavy atom. The van der Waals surface area contributed by atoms with Gasteiger partial charge in [-0.3, -0.25) is 4.79 Å². The molecule has 0 bridgehead atoms. The van der Waals surface area contributed by atoms with Crippen LogP contribution in [0.2, 0.25) is 5.02 Å². The number of fused-ring (bicyclic) bond motifs is 1. The molecule has 1 aliphatic rings. The molecule has 0 unspecified atom stereocenters. The van der Waals surface area contributed by atoms with Crippen molar-refractivity contribution in [3.63, 3.8) is 0 Å². The van der Waals surface area contributed by atoms with Gasteiger partial charge in [-0.25, -0.2) is 4.98 Å². The highest BCUT2D eigenvalue weighted by atomic mass is 35.5. The molecule has 1 aliphatic heterocycles. The summed E-state index contributed by atoms with van der Waals surface area (Å²) in [5.74, 6) is -0.0884. The van der Waals surface area contributed by atoms with E-state index in [9.17, 15) is 4.79 Å². The minimum Gasteiger partial charge on any atom is -0.381 e. The summed E-state index contributed by atoms with van der Waals surface area (Å²) < 4.78 is 5.34. The van der Waals surface area contributed by atoms with Crippen LogP contribution < -0.4 is 0 Å². The van der Waals surface area contributed by atoms with Gasteiger partial charge in [0, 0.05) is 31.7 Å². The van der Waals surface area contributed by atoms with Crippen molar-refractivity contribution in [3.8, 4) is 0 Å². The van der Waals surface area contributed by atoms with E-state index in [1.54, 1.807) is 11.0 Å². The normalized spacial score (nSPS) is 16.1. The maximum Gasteiger partial charge on any atom is 0.272 e. The van der Waals surface area contributed by atoms with Gasteiger partial charge in [0.15, 0.2) is 0 Å². The Morgan fingerprint density at radius 2 is 2.05 bits per heavy atom. The summed E-state index contributed by atoms with van der Waals surface area (Å²) in [4.78, 5) is 18.8. The van der Waals surface area contributed by atoms with Gasteiger partial charge in [0.2, 0.25) is 0 Å². The van der Waals surface area contributed by atoms with Crippen molar-refractivity contribution in [2.75, 3.05) is 20.3 Å². The first-order chi connectivity index (χ1) is 10.2. The Bertz CT molecular complexity index is 668. The van der Waals surface area contributed by atoms with Gasteiger partial charge in [0.05, 0.1) is 10.5 Å². The Kier molecular flexibility index (Phi) is 4.08. The van der Waals surface area contributed by atoms with Crippen LogP contribution in [-0.4, -0.2) is 42.1 Å². The lowest BCUT2D eigenvalue weighted by molar-refractivity contribution is 0.0359. The van der Waals surface area contributed by atoms with E-state index in [4.69, 9.17) is 16.3 Å². The highest BCUT2D eigenvalue weighted by molar-refractivity contribution is 6.35. The maximum atomic E-state index is 12.6. The van der Waals surface area contributed by atoms with E-state index < -0.39 is 0 Å². The molecule has 4 nitrogen and oxygen atoms in total. The van der Waals surface area contributed by atoms with Crippen LogP contribution >= 0.6 is 11.6 Å². The number of hydrogen-bond donors (Lipinski definition) is 0. The number of para-hydroxylation sites is 1. The van der Waals surface area contributed by atoms with Crippen LogP contribution in [0, 0.1) is 0 Å². The van der Waals surface area contributed by atoms with E-state index in [1.807, 2.05) is 31.3 Å². The standard InChI is InChI=1S/C16H17ClN2O2/c1-19(11-6-8-21-9-7-11)16(20)15-10-13(17)12-4-2-3-5-14(12)18-15/h2-5,10-11H,6-9H2,1H3. The first-order valence-corrected chi connectivity index (χ1v) is 7.45. The zero-order valence-electron chi connectivity index (χ0n) is 11.9. The van der Waals surface area contributed by atoms with Crippen LogP contribution in [0.15, 0.2) is 30.3 Å². The molecule has 1 saturated heterocycles. The minimum absolute atomic E-state index is 0.0884. The van der Waals surface area contributed by atoms with Gasteiger partial charge in [0.1, 0.15) is 5.69 Å². The van der Waals surface area contributed by atoms with Gasteiger partial charge in [-0.1, -0.05) is 29.8 Å². The van der Waals surface area contributed by atoms with E-state index >= 15 is 0 Å². The molecule has 1 amide bonds. The molecule has 0 radical (unpaired) electrons. The Morgan fingerprint density at radius 1 is 1.33 bits per heavy atom. The third-order valence-corrected chi connectivity index (χ3v) is 4.26. The number of halogens is 1. The first kappa shape index (κ1) is 14.3. The van der Waals surface area contributed by atoms with E-state index in [1.165, 1.54) is 0 Å². The number of carbonyl (C=O) groups excluding carboxylic acids is 1. The fourth-order valence-electron chi connectivity index (χ4n) is 2.66. The molecule has 0 saturated carbocycles. The van der Waals surface area contributed by atoms with Crippen molar-refractivity contribution in [2.24, 2.45) is 0 Å². The number of hydrogen-bond acceptors (Lipinski definition) is 3. The Labute approximate surface area is 128 Å². The van der Waals surface area contributed by atoms with E-state index in [2.05, 4.69) is 4.98 Å². The number of rotatable bonds is 2. The van der Waals surface area contributed by atoms with Crippen molar-refractivity contribution in [1.82, 2.24) is 9.88 Å². The predicted octanol–water partition coefficient (Wildman–Crippen LogP) is 3.14. The third kappa shape index (κ3) is 2.87. The summed E-state index contributed by atoms with van der Waals surface area (Å²) in [5.41, 5.74) is 1.14. The van der Waals surface area contributed by atoms with E-state index in [0.717, 1.165) is 23.7 Å². The van der Waals surface area contributed by atoms with Crippen LogP contribution in [0.25, 0.3) is 10.9 Å². The van der Waals surface area contributed by atoms with Gasteiger partial charge in [0.25, 0.3) is 5.91 Å². The molecule has 1 fully saturated rings. The average molecular weight is 305 g/mol. The van der Waals surface area contributed by atoms with Gasteiger partial charge in [-0.05, 0) is 25.0 Å². The van der Waals surface area contributed by atoms with Crippen LogP contribution in [-0.2, 0) is 4.74 Å². The lowest BCUT2D eigenvalue weighted by Crippen LogP contribution is -2.40. The molecule has 110 valence electrons. The summed E-state index contributed by atoms with van der Waals surface area (Å²) in [6.45, 7) is 1.41. The molecule has 5 heteroatoms. The highest BCUT2D eigenvalue weighted by Crippen LogP contribution is 2.24. The lowest BCUT2D eigenvalue weighted by Gasteiger charge is -2.31. The molecule has 1 aromatic heterocycles. The summed E-state index contributed by atoms with van der Waals surface area (Å²) in [5, 5.41) is 1.42. The van der Waals surface area contributed by atoms with Crippen molar-refractivity contribution >= 4 is 28.4 Å². The zero-order valence-corrected chi connectivity index (χ0v) is 12.6. The van der Waals surface area contributed by atoms with Crippen LogP contribution in [0.3, 0.4) is 0 Å². The first-order valence-electron chi connectivity index (χ1n) is 7.07. The molecule has 0 atom stereocenters. The summed E-state index contributed by atoms with van der Waals surface area (Å²) in [6, 6.07) is 9.43. The fourth-order valence-corrected chi connectivity index (χ4v) is 2.92. The number of pyridine rings is 1. The predicted molar refractivity (Wildman–Crippen MR) is 82.7 cm³/mol. The number of nitrogens with zero attached hydrogens (tertiary/aromatic N) is 2. The SMILES string of the molecule is CN(C(=O)c1cc(Cl)c2ccccc2n1)C1CCOCC1. The molecule has 2 aromatic rings. The van der Waals surface area contributed by atoms with Crippen LogP contribution in [0.5, 0.6) is 0 Å². The molecule has 0 spiro atoms. The molecule has 21 heavy (non-hydrogen) atoms. The van der Waals surface area contributed by atoms with Crippen molar-refractivity contribution in [1.29, 1.82) is 0 Å². The Balaban J connectivity index is 1.90. The second-order valence-electron chi connectivity index (χ2n) is 5.27. The smallest absolute Gasteiger partial charge is 0.272 e. The largest absolute Gasteiger partial charge is 0.381 e. The van der Waals surface area contributed by atoms with E-state index in [-0.39, 0.29) is 11.9 Å². The summed E-state index contributed by atoms with van der Waals surface area (Å²) >= 11 is 6.27. The van der Waals surface area contributed by atoms with Gasteiger partial charge in [-0.15, -0.1) is 0 Å². The second-order valence-corrected chi connectivity index (χ2v) is 5.67. The second kappa shape index (κ2) is 6.00. The number of ether oxygens (including phenoxy) is 1. The lowest BCUT2D eigenvalue weighted by atomic mass is 10.1. The third-order valence-electron chi connectivity index (χ3n) is 3.94. The van der Waals surface area contributed by atoms with Gasteiger partial charge in [-0.2, -0.15) is 0 Å². The van der Waals surface area contributed by atoms with Crippen LogP contribution in [0.4, 0.5) is 0 Å². The minimum atomic E-state index is -0.0884. The molecular weight excluding hydrogens is 288 g/mol. The van der Waals surface area contributed by atoms with Gasteiger partial charge < -0.3 is 9.64 Å².